The molecule has 1 aliphatic heterocycles. The predicted octanol–water partition coefficient (Wildman–Crippen LogP) is 3.52. The SMILES string of the molecule is CCC(CC)(NC(=O)c1ccc(N2CC(F)(F)C2)c(OCC2CC2)n1)C(=O)OCCCF. The molecule has 3 rings (SSSR count). The van der Waals surface area contributed by atoms with Crippen LogP contribution in [0.1, 0.15) is 56.4 Å². The van der Waals surface area contributed by atoms with Crippen molar-refractivity contribution in [2.45, 2.75) is 57.4 Å². The lowest BCUT2D eigenvalue weighted by atomic mass is 9.92. The van der Waals surface area contributed by atoms with Crippen LogP contribution in [0.3, 0.4) is 0 Å². The number of hydrogen-bond acceptors (Lipinski definition) is 6. The lowest BCUT2D eigenvalue weighted by molar-refractivity contribution is -0.152. The summed E-state index contributed by atoms with van der Waals surface area (Å²) in [5.74, 6) is -3.45. The minimum atomic E-state index is -2.76. The molecule has 0 aromatic carbocycles. The van der Waals surface area contributed by atoms with Crippen molar-refractivity contribution in [3.63, 3.8) is 0 Å². The summed E-state index contributed by atoms with van der Waals surface area (Å²) in [6, 6.07) is 2.97. The molecule has 0 spiro atoms. The summed E-state index contributed by atoms with van der Waals surface area (Å²) in [4.78, 5) is 31.3. The first kappa shape index (κ1) is 24.1. The summed E-state index contributed by atoms with van der Waals surface area (Å²) < 4.78 is 49.9. The first-order valence-corrected chi connectivity index (χ1v) is 11.1. The van der Waals surface area contributed by atoms with Crippen LogP contribution in [0.5, 0.6) is 5.88 Å². The van der Waals surface area contributed by atoms with Crippen molar-refractivity contribution in [2.24, 2.45) is 5.92 Å². The van der Waals surface area contributed by atoms with Gasteiger partial charge in [0.25, 0.3) is 11.8 Å². The summed E-state index contributed by atoms with van der Waals surface area (Å²) in [5, 5.41) is 2.71. The maximum atomic E-state index is 13.4. The fourth-order valence-corrected chi connectivity index (χ4v) is 3.48. The molecule has 2 aliphatic rings. The Balaban J connectivity index is 1.76. The van der Waals surface area contributed by atoms with Gasteiger partial charge in [0, 0.05) is 6.42 Å². The summed E-state index contributed by atoms with van der Waals surface area (Å²) in [5.41, 5.74) is -0.854. The van der Waals surface area contributed by atoms with E-state index in [9.17, 15) is 22.8 Å². The second-order valence-corrected chi connectivity index (χ2v) is 8.41. The highest BCUT2D eigenvalue weighted by Gasteiger charge is 2.45. The smallest absolute Gasteiger partial charge is 0.331 e. The number of carbonyl (C=O) groups excluding carboxylic acids is 2. The molecule has 10 heteroatoms. The lowest BCUT2D eigenvalue weighted by Gasteiger charge is -2.40. The molecule has 32 heavy (non-hydrogen) atoms. The van der Waals surface area contributed by atoms with Crippen molar-refractivity contribution in [3.05, 3.63) is 17.8 Å². The number of ether oxygens (including phenoxy) is 2. The molecule has 0 unspecified atom stereocenters. The van der Waals surface area contributed by atoms with Gasteiger partial charge in [0.05, 0.1) is 33.0 Å². The molecule has 1 aromatic heterocycles. The van der Waals surface area contributed by atoms with Gasteiger partial charge in [-0.1, -0.05) is 13.8 Å². The number of alkyl halides is 3. The van der Waals surface area contributed by atoms with Crippen molar-refractivity contribution in [1.29, 1.82) is 0 Å². The molecule has 0 radical (unpaired) electrons. The number of carbonyl (C=O) groups is 2. The molecule has 1 saturated carbocycles. The fraction of sp³-hybridized carbons (Fsp3) is 0.682. The Hall–Kier alpha value is -2.52. The molecular weight excluding hydrogens is 427 g/mol. The summed E-state index contributed by atoms with van der Waals surface area (Å²) in [7, 11) is 0. The monoisotopic (exact) mass is 457 g/mol. The van der Waals surface area contributed by atoms with Crippen LogP contribution in [0.25, 0.3) is 0 Å². The number of rotatable bonds is 12. The molecular formula is C22H30F3N3O4. The van der Waals surface area contributed by atoms with Gasteiger partial charge < -0.3 is 19.7 Å². The Labute approximate surface area is 185 Å². The third-order valence-electron chi connectivity index (χ3n) is 5.87. The lowest BCUT2D eigenvalue weighted by Crippen LogP contribution is -2.56. The van der Waals surface area contributed by atoms with Gasteiger partial charge >= 0.3 is 5.97 Å². The zero-order valence-corrected chi connectivity index (χ0v) is 18.5. The number of esters is 1. The fourth-order valence-electron chi connectivity index (χ4n) is 3.48. The van der Waals surface area contributed by atoms with Crippen LogP contribution in [-0.4, -0.2) is 61.3 Å². The minimum Gasteiger partial charge on any atom is -0.476 e. The second kappa shape index (κ2) is 9.95. The molecule has 1 saturated heterocycles. The summed E-state index contributed by atoms with van der Waals surface area (Å²) in [6.45, 7) is 2.35. The van der Waals surface area contributed by atoms with Gasteiger partial charge in [0.2, 0.25) is 5.88 Å². The number of halogens is 3. The van der Waals surface area contributed by atoms with Crippen LogP contribution in [0, 0.1) is 5.92 Å². The van der Waals surface area contributed by atoms with E-state index in [0.29, 0.717) is 18.2 Å². The van der Waals surface area contributed by atoms with Crippen LogP contribution in [0.4, 0.5) is 18.9 Å². The molecule has 1 amide bonds. The zero-order chi connectivity index (χ0) is 23.4. The van der Waals surface area contributed by atoms with E-state index >= 15 is 0 Å². The number of amides is 1. The number of nitrogens with zero attached hydrogens (tertiary/aromatic N) is 2. The molecule has 1 N–H and O–H groups in total. The maximum Gasteiger partial charge on any atom is 0.331 e. The Morgan fingerprint density at radius 1 is 1.25 bits per heavy atom. The van der Waals surface area contributed by atoms with Crippen molar-refractivity contribution in [2.75, 3.05) is 37.9 Å². The third-order valence-corrected chi connectivity index (χ3v) is 5.87. The van der Waals surface area contributed by atoms with Gasteiger partial charge in [0.1, 0.15) is 16.9 Å². The van der Waals surface area contributed by atoms with Gasteiger partial charge in [-0.25, -0.2) is 18.6 Å². The summed E-state index contributed by atoms with van der Waals surface area (Å²) in [6.07, 6.45) is 2.71. The molecule has 1 aliphatic carbocycles. The van der Waals surface area contributed by atoms with Crippen LogP contribution >= 0.6 is 0 Å². The van der Waals surface area contributed by atoms with E-state index in [1.54, 1.807) is 19.9 Å². The predicted molar refractivity (Wildman–Crippen MR) is 112 cm³/mol. The molecule has 0 bridgehead atoms. The topological polar surface area (TPSA) is 80.8 Å². The highest BCUT2D eigenvalue weighted by Crippen LogP contribution is 2.38. The van der Waals surface area contributed by atoms with Crippen molar-refractivity contribution >= 4 is 17.6 Å². The van der Waals surface area contributed by atoms with E-state index in [-0.39, 0.29) is 37.4 Å². The van der Waals surface area contributed by atoms with E-state index in [1.807, 2.05) is 0 Å². The van der Waals surface area contributed by atoms with Crippen LogP contribution in [-0.2, 0) is 9.53 Å². The summed E-state index contributed by atoms with van der Waals surface area (Å²) >= 11 is 0. The molecule has 2 fully saturated rings. The van der Waals surface area contributed by atoms with E-state index in [2.05, 4.69) is 10.3 Å². The zero-order valence-electron chi connectivity index (χ0n) is 18.5. The van der Waals surface area contributed by atoms with E-state index < -0.39 is 43.1 Å². The molecule has 7 nitrogen and oxygen atoms in total. The van der Waals surface area contributed by atoms with Crippen LogP contribution in [0.15, 0.2) is 12.1 Å². The van der Waals surface area contributed by atoms with E-state index in [1.165, 1.54) is 11.0 Å². The average Bonchev–Trinajstić information content (AvgIpc) is 3.58. The Morgan fingerprint density at radius 2 is 1.94 bits per heavy atom. The molecule has 0 atom stereocenters. The average molecular weight is 457 g/mol. The van der Waals surface area contributed by atoms with Gasteiger partial charge in [-0.2, -0.15) is 0 Å². The van der Waals surface area contributed by atoms with Gasteiger partial charge in [-0.15, -0.1) is 0 Å². The molecule has 178 valence electrons. The Bertz CT molecular complexity index is 821. The third kappa shape index (κ3) is 5.63. The van der Waals surface area contributed by atoms with Crippen molar-refractivity contribution in [3.8, 4) is 5.88 Å². The van der Waals surface area contributed by atoms with Crippen molar-refractivity contribution in [1.82, 2.24) is 10.3 Å². The largest absolute Gasteiger partial charge is 0.476 e. The molecule has 1 aromatic rings. The highest BCUT2D eigenvalue weighted by atomic mass is 19.3. The van der Waals surface area contributed by atoms with Gasteiger partial charge in [-0.3, -0.25) is 9.18 Å². The quantitative estimate of drug-likeness (QED) is 0.382. The number of nitrogens with one attached hydrogen (secondary N) is 1. The maximum absolute atomic E-state index is 13.4. The minimum absolute atomic E-state index is 0.00895. The number of anilines is 1. The first-order valence-electron chi connectivity index (χ1n) is 11.1. The Kier molecular flexibility index (Phi) is 7.51. The number of pyridine rings is 1. The molecule has 2 heterocycles. The van der Waals surface area contributed by atoms with E-state index in [4.69, 9.17) is 9.47 Å². The second-order valence-electron chi connectivity index (χ2n) is 8.41. The highest BCUT2D eigenvalue weighted by molar-refractivity contribution is 5.97. The normalized spacial score (nSPS) is 17.5. The van der Waals surface area contributed by atoms with Crippen LogP contribution in [0.2, 0.25) is 0 Å². The number of aromatic nitrogens is 1. The standard InChI is InChI=1S/C22H30F3N3O4/c1-3-21(4-2,20(30)31-11-5-10-23)27-18(29)16-8-9-17(28-13-22(24,25)14-28)19(26-16)32-12-15-6-7-15/h8-9,15H,3-7,10-14H2,1-2H3,(H,27,29). The van der Waals surface area contributed by atoms with Crippen LogP contribution < -0.4 is 15.0 Å². The van der Waals surface area contributed by atoms with E-state index in [0.717, 1.165) is 12.8 Å². The number of hydrogen-bond donors (Lipinski definition) is 1. The van der Waals surface area contributed by atoms with Gasteiger partial charge in [-0.05, 0) is 43.7 Å². The van der Waals surface area contributed by atoms with Crippen molar-refractivity contribution < 1.29 is 32.2 Å². The Morgan fingerprint density at radius 3 is 2.50 bits per heavy atom. The first-order chi connectivity index (χ1) is 15.2. The van der Waals surface area contributed by atoms with Gasteiger partial charge in [0.15, 0.2) is 0 Å².